The lowest BCUT2D eigenvalue weighted by Crippen LogP contribution is -1.69. The molecule has 1 aromatic carbocycles. The first-order valence-electron chi connectivity index (χ1n) is 4.43. The van der Waals surface area contributed by atoms with Gasteiger partial charge in [-0.3, -0.25) is 0 Å². The van der Waals surface area contributed by atoms with Crippen molar-refractivity contribution in [2.45, 2.75) is 0 Å². The first kappa shape index (κ1) is 9.98. The minimum Gasteiger partial charge on any atom is -0.236 e. The Morgan fingerprint density at radius 2 is 1.73 bits per heavy atom. The van der Waals surface area contributed by atoms with Crippen molar-refractivity contribution >= 4 is 27.4 Å². The van der Waals surface area contributed by atoms with E-state index in [1.165, 1.54) is 0 Å². The standard InChI is InChI=1S/C11H8BrN3/c12-9-4-6-10(7-5-9)14-15-11-3-1-2-8-13-11/h1-8H. The summed E-state index contributed by atoms with van der Waals surface area (Å²) in [5.41, 5.74) is 0.809. The van der Waals surface area contributed by atoms with E-state index in [2.05, 4.69) is 31.1 Å². The van der Waals surface area contributed by atoms with Crippen molar-refractivity contribution in [3.63, 3.8) is 0 Å². The predicted octanol–water partition coefficient (Wildman–Crippen LogP) is 4.26. The molecule has 0 radical (unpaired) electrons. The van der Waals surface area contributed by atoms with Crippen LogP contribution < -0.4 is 0 Å². The predicted molar refractivity (Wildman–Crippen MR) is 62.6 cm³/mol. The van der Waals surface area contributed by atoms with Crippen LogP contribution in [0.5, 0.6) is 0 Å². The Bertz CT molecular complexity index is 451. The Morgan fingerprint density at radius 3 is 2.40 bits per heavy atom. The van der Waals surface area contributed by atoms with Gasteiger partial charge in [-0.2, -0.15) is 0 Å². The molecule has 0 aliphatic carbocycles. The monoisotopic (exact) mass is 261 g/mol. The Kier molecular flexibility index (Phi) is 3.19. The van der Waals surface area contributed by atoms with Crippen molar-refractivity contribution in [2.24, 2.45) is 10.2 Å². The first-order chi connectivity index (χ1) is 7.34. The van der Waals surface area contributed by atoms with Crippen molar-refractivity contribution in [1.29, 1.82) is 0 Å². The van der Waals surface area contributed by atoms with Gasteiger partial charge >= 0.3 is 0 Å². The number of aromatic nitrogens is 1. The Labute approximate surface area is 96.0 Å². The highest BCUT2D eigenvalue weighted by atomic mass is 79.9. The molecular weight excluding hydrogens is 254 g/mol. The zero-order valence-corrected chi connectivity index (χ0v) is 9.42. The van der Waals surface area contributed by atoms with Gasteiger partial charge in [0.2, 0.25) is 0 Å². The molecule has 15 heavy (non-hydrogen) atoms. The molecule has 1 aromatic heterocycles. The summed E-state index contributed by atoms with van der Waals surface area (Å²) in [6.07, 6.45) is 1.69. The number of azo groups is 1. The molecule has 0 aliphatic heterocycles. The van der Waals surface area contributed by atoms with Crippen LogP contribution in [0.2, 0.25) is 0 Å². The SMILES string of the molecule is Brc1ccc(N=Nc2ccccn2)cc1. The van der Waals surface area contributed by atoms with E-state index in [1.807, 2.05) is 42.5 Å². The molecule has 2 rings (SSSR count). The van der Waals surface area contributed by atoms with E-state index < -0.39 is 0 Å². The number of nitrogens with zero attached hydrogens (tertiary/aromatic N) is 3. The van der Waals surface area contributed by atoms with Crippen LogP contribution in [0.15, 0.2) is 63.4 Å². The second-order valence-corrected chi connectivity index (χ2v) is 3.78. The van der Waals surface area contributed by atoms with E-state index >= 15 is 0 Å². The maximum Gasteiger partial charge on any atom is 0.174 e. The smallest absolute Gasteiger partial charge is 0.174 e. The number of hydrogen-bond donors (Lipinski definition) is 0. The molecule has 4 heteroatoms. The normalized spacial score (nSPS) is 10.7. The number of rotatable bonds is 2. The fourth-order valence-electron chi connectivity index (χ4n) is 1.03. The zero-order chi connectivity index (χ0) is 10.5. The van der Waals surface area contributed by atoms with Gasteiger partial charge in [0.05, 0.1) is 5.69 Å². The molecule has 0 fully saturated rings. The second-order valence-electron chi connectivity index (χ2n) is 2.86. The molecule has 0 saturated heterocycles. The topological polar surface area (TPSA) is 37.6 Å². The number of halogens is 1. The van der Waals surface area contributed by atoms with Crippen molar-refractivity contribution in [3.05, 3.63) is 53.1 Å². The summed E-state index contributed by atoms with van der Waals surface area (Å²) in [5, 5.41) is 8.06. The largest absolute Gasteiger partial charge is 0.236 e. The van der Waals surface area contributed by atoms with Gasteiger partial charge in [0.25, 0.3) is 0 Å². The summed E-state index contributed by atoms with van der Waals surface area (Å²) < 4.78 is 1.03. The third-order valence-corrected chi connectivity index (χ3v) is 2.27. The summed E-state index contributed by atoms with van der Waals surface area (Å²) >= 11 is 3.36. The van der Waals surface area contributed by atoms with Crippen molar-refractivity contribution in [2.75, 3.05) is 0 Å². The summed E-state index contributed by atoms with van der Waals surface area (Å²) in [5.74, 6) is 0.611. The van der Waals surface area contributed by atoms with Crippen LogP contribution in [-0.2, 0) is 0 Å². The van der Waals surface area contributed by atoms with E-state index in [9.17, 15) is 0 Å². The highest BCUT2D eigenvalue weighted by molar-refractivity contribution is 9.10. The summed E-state index contributed by atoms with van der Waals surface area (Å²) in [6, 6.07) is 13.1. The van der Waals surface area contributed by atoms with E-state index in [1.54, 1.807) is 6.20 Å². The van der Waals surface area contributed by atoms with E-state index in [4.69, 9.17) is 0 Å². The molecule has 0 saturated carbocycles. The lowest BCUT2D eigenvalue weighted by Gasteiger charge is -1.92. The average molecular weight is 262 g/mol. The molecule has 0 atom stereocenters. The Morgan fingerprint density at radius 1 is 0.933 bits per heavy atom. The molecule has 0 unspecified atom stereocenters. The minimum absolute atomic E-state index is 0.611. The van der Waals surface area contributed by atoms with E-state index in [0.717, 1.165) is 10.2 Å². The lowest BCUT2D eigenvalue weighted by atomic mass is 10.3. The van der Waals surface area contributed by atoms with Gasteiger partial charge in [0.1, 0.15) is 0 Å². The first-order valence-corrected chi connectivity index (χ1v) is 5.22. The van der Waals surface area contributed by atoms with Gasteiger partial charge in [-0.05, 0) is 36.4 Å². The van der Waals surface area contributed by atoms with Gasteiger partial charge in [-0.25, -0.2) is 4.98 Å². The van der Waals surface area contributed by atoms with Gasteiger partial charge in [-0.15, -0.1) is 10.2 Å². The fraction of sp³-hybridized carbons (Fsp3) is 0. The molecule has 0 N–H and O–H groups in total. The zero-order valence-electron chi connectivity index (χ0n) is 7.84. The van der Waals surface area contributed by atoms with Crippen LogP contribution in [0, 0.1) is 0 Å². The molecule has 1 heterocycles. The minimum atomic E-state index is 0.611. The Balaban J connectivity index is 2.15. The van der Waals surface area contributed by atoms with Crippen molar-refractivity contribution in [3.8, 4) is 0 Å². The maximum atomic E-state index is 4.06. The third kappa shape index (κ3) is 2.95. The quantitative estimate of drug-likeness (QED) is 0.745. The maximum absolute atomic E-state index is 4.06. The summed E-state index contributed by atoms with van der Waals surface area (Å²) in [7, 11) is 0. The van der Waals surface area contributed by atoms with Crippen LogP contribution in [0.25, 0.3) is 0 Å². The number of hydrogen-bond acceptors (Lipinski definition) is 3. The van der Waals surface area contributed by atoms with Crippen LogP contribution in [0.3, 0.4) is 0 Å². The van der Waals surface area contributed by atoms with Crippen molar-refractivity contribution in [1.82, 2.24) is 4.98 Å². The molecule has 0 bridgehead atoms. The van der Waals surface area contributed by atoms with E-state index in [0.29, 0.717) is 5.82 Å². The molecule has 3 nitrogen and oxygen atoms in total. The molecule has 0 amide bonds. The molecule has 0 aliphatic rings. The van der Waals surface area contributed by atoms with Crippen LogP contribution in [-0.4, -0.2) is 4.98 Å². The van der Waals surface area contributed by atoms with Gasteiger partial charge in [-0.1, -0.05) is 22.0 Å². The molecule has 2 aromatic rings. The highest BCUT2D eigenvalue weighted by Crippen LogP contribution is 2.18. The second kappa shape index (κ2) is 4.79. The van der Waals surface area contributed by atoms with Crippen molar-refractivity contribution < 1.29 is 0 Å². The third-order valence-electron chi connectivity index (χ3n) is 1.74. The highest BCUT2D eigenvalue weighted by Gasteiger charge is 1.90. The molecular formula is C11H8BrN3. The number of benzene rings is 1. The van der Waals surface area contributed by atoms with Crippen LogP contribution in [0.1, 0.15) is 0 Å². The van der Waals surface area contributed by atoms with Crippen LogP contribution >= 0.6 is 15.9 Å². The molecule has 0 spiro atoms. The van der Waals surface area contributed by atoms with Crippen LogP contribution in [0.4, 0.5) is 11.5 Å². The average Bonchev–Trinajstić information content (AvgIpc) is 2.30. The van der Waals surface area contributed by atoms with Gasteiger partial charge < -0.3 is 0 Å². The fourth-order valence-corrected chi connectivity index (χ4v) is 1.29. The lowest BCUT2D eigenvalue weighted by molar-refractivity contribution is 1.15. The van der Waals surface area contributed by atoms with Gasteiger partial charge in [0, 0.05) is 10.7 Å². The molecule has 74 valence electrons. The van der Waals surface area contributed by atoms with Gasteiger partial charge in [0.15, 0.2) is 5.82 Å². The summed E-state index contributed by atoms with van der Waals surface area (Å²) in [6.45, 7) is 0. The number of pyridine rings is 1. The summed E-state index contributed by atoms with van der Waals surface area (Å²) in [4.78, 5) is 4.04. The Hall–Kier alpha value is -1.55. The van der Waals surface area contributed by atoms with E-state index in [-0.39, 0.29) is 0 Å².